The van der Waals surface area contributed by atoms with Crippen molar-refractivity contribution in [3.05, 3.63) is 89.5 Å². The Labute approximate surface area is 216 Å². The van der Waals surface area contributed by atoms with Gasteiger partial charge in [-0.15, -0.1) is 0 Å². The topological polar surface area (TPSA) is 105 Å². The largest absolute Gasteiger partial charge is 0.452 e. The van der Waals surface area contributed by atoms with Gasteiger partial charge in [-0.25, -0.2) is 0 Å². The highest BCUT2D eigenvalue weighted by molar-refractivity contribution is 9.09. The first-order valence-corrected chi connectivity index (χ1v) is 12.0. The minimum Gasteiger partial charge on any atom is -0.452 e. The van der Waals surface area contributed by atoms with Crippen molar-refractivity contribution in [2.45, 2.75) is 26.4 Å². The normalized spacial score (nSPS) is 10.4. The van der Waals surface area contributed by atoms with Gasteiger partial charge in [-0.3, -0.25) is 19.2 Å². The molecular formula is C27H23BrO8. The minimum absolute atomic E-state index is 0.141. The van der Waals surface area contributed by atoms with E-state index in [9.17, 15) is 19.2 Å². The summed E-state index contributed by atoms with van der Waals surface area (Å²) >= 11 is 3.00. The summed E-state index contributed by atoms with van der Waals surface area (Å²) in [6.07, 6.45) is -0.900. The molecule has 0 aliphatic carbocycles. The maximum Gasteiger partial charge on any atom is 0.322 e. The van der Waals surface area contributed by atoms with Crippen molar-refractivity contribution in [3.8, 4) is 17.2 Å². The van der Waals surface area contributed by atoms with E-state index in [0.717, 1.165) is 25.0 Å². The van der Waals surface area contributed by atoms with Gasteiger partial charge in [0.1, 0.15) is 5.33 Å². The number of alkyl halides is 1. The zero-order valence-corrected chi connectivity index (χ0v) is 21.1. The Bertz CT molecular complexity index is 1200. The van der Waals surface area contributed by atoms with E-state index in [1.807, 2.05) is 60.7 Å². The van der Waals surface area contributed by atoms with Gasteiger partial charge in [0.15, 0.2) is 17.6 Å². The maximum absolute atomic E-state index is 13.0. The van der Waals surface area contributed by atoms with Gasteiger partial charge in [0, 0.05) is 13.8 Å². The molecule has 0 unspecified atom stereocenters. The summed E-state index contributed by atoms with van der Waals surface area (Å²) in [5, 5.41) is -0.141. The van der Waals surface area contributed by atoms with E-state index in [0.29, 0.717) is 5.56 Å². The van der Waals surface area contributed by atoms with Gasteiger partial charge in [-0.1, -0.05) is 76.6 Å². The van der Waals surface area contributed by atoms with Gasteiger partial charge in [0.05, 0.1) is 6.42 Å². The van der Waals surface area contributed by atoms with Gasteiger partial charge in [0.2, 0.25) is 5.75 Å². The van der Waals surface area contributed by atoms with Crippen LogP contribution in [0.5, 0.6) is 17.2 Å². The fraction of sp³-hybridized carbons (Fsp3) is 0.185. The van der Waals surface area contributed by atoms with Crippen LogP contribution in [0.25, 0.3) is 0 Å². The van der Waals surface area contributed by atoms with Gasteiger partial charge in [0.25, 0.3) is 0 Å². The molecule has 0 saturated carbocycles. The second-order valence-corrected chi connectivity index (χ2v) is 8.14. The lowest BCUT2D eigenvalue weighted by atomic mass is 10.0. The third-order valence-corrected chi connectivity index (χ3v) is 5.17. The predicted molar refractivity (Wildman–Crippen MR) is 133 cm³/mol. The molecule has 0 spiro atoms. The second kappa shape index (κ2) is 12.6. The van der Waals surface area contributed by atoms with Gasteiger partial charge < -0.3 is 18.9 Å². The number of carbonyl (C=O) groups excluding carboxylic acids is 4. The zero-order valence-electron chi connectivity index (χ0n) is 19.6. The molecule has 3 aromatic carbocycles. The molecule has 0 radical (unpaired) electrons. The molecule has 186 valence electrons. The molecule has 9 heteroatoms. The van der Waals surface area contributed by atoms with E-state index in [1.54, 1.807) is 0 Å². The molecule has 0 atom stereocenters. The highest BCUT2D eigenvalue weighted by atomic mass is 79.9. The van der Waals surface area contributed by atoms with Crippen LogP contribution < -0.4 is 14.2 Å². The molecule has 0 aliphatic rings. The number of ether oxygens (including phenoxy) is 4. The fourth-order valence-corrected chi connectivity index (χ4v) is 3.47. The first-order chi connectivity index (χ1) is 17.3. The van der Waals surface area contributed by atoms with Crippen molar-refractivity contribution in [1.29, 1.82) is 0 Å². The van der Waals surface area contributed by atoms with Crippen molar-refractivity contribution in [2.24, 2.45) is 0 Å². The fourth-order valence-electron chi connectivity index (χ4n) is 3.36. The van der Waals surface area contributed by atoms with Crippen molar-refractivity contribution in [2.75, 3.05) is 5.33 Å². The van der Waals surface area contributed by atoms with Crippen LogP contribution >= 0.6 is 15.9 Å². The van der Waals surface area contributed by atoms with Gasteiger partial charge in [-0.05, 0) is 28.8 Å². The van der Waals surface area contributed by atoms with Gasteiger partial charge in [-0.2, -0.15) is 0 Å². The quantitative estimate of drug-likeness (QED) is 0.212. The van der Waals surface area contributed by atoms with Crippen molar-refractivity contribution >= 4 is 39.8 Å². The Morgan fingerprint density at radius 1 is 0.722 bits per heavy atom. The molecule has 3 rings (SSSR count). The molecule has 0 aromatic heterocycles. The zero-order chi connectivity index (χ0) is 26.1. The van der Waals surface area contributed by atoms with E-state index >= 15 is 0 Å². The highest BCUT2D eigenvalue weighted by Crippen LogP contribution is 2.40. The summed E-state index contributed by atoms with van der Waals surface area (Å²) in [6, 6.07) is 21.3. The number of carbonyl (C=O) groups is 4. The molecule has 0 N–H and O–H groups in total. The Morgan fingerprint density at radius 3 is 1.69 bits per heavy atom. The number of esters is 4. The van der Waals surface area contributed by atoms with Crippen LogP contribution in [0.1, 0.15) is 36.6 Å². The summed E-state index contributed by atoms with van der Waals surface area (Å²) < 4.78 is 21.4. The molecule has 0 heterocycles. The minimum atomic E-state index is -0.722. The lowest BCUT2D eigenvalue weighted by Gasteiger charge is -2.19. The summed E-state index contributed by atoms with van der Waals surface area (Å²) in [4.78, 5) is 48.3. The molecule has 36 heavy (non-hydrogen) atoms. The van der Waals surface area contributed by atoms with Crippen LogP contribution in [-0.4, -0.2) is 29.2 Å². The molecule has 0 aliphatic heterocycles. The summed E-state index contributed by atoms with van der Waals surface area (Å²) in [5.41, 5.74) is 1.88. The van der Waals surface area contributed by atoms with Crippen LogP contribution in [0.2, 0.25) is 0 Å². The number of hydrogen-bond donors (Lipinski definition) is 0. The van der Waals surface area contributed by atoms with Crippen LogP contribution in [-0.2, 0) is 30.3 Å². The van der Waals surface area contributed by atoms with E-state index in [2.05, 4.69) is 15.9 Å². The average Bonchev–Trinajstić information content (AvgIpc) is 2.85. The first kappa shape index (κ1) is 26.6. The summed E-state index contributed by atoms with van der Waals surface area (Å²) in [6.45, 7) is 2.30. The van der Waals surface area contributed by atoms with E-state index < -0.39 is 30.0 Å². The Kier molecular flexibility index (Phi) is 9.35. The monoisotopic (exact) mass is 554 g/mol. The predicted octanol–water partition coefficient (Wildman–Crippen LogP) is 4.71. The lowest BCUT2D eigenvalue weighted by Crippen LogP contribution is -2.16. The summed E-state index contributed by atoms with van der Waals surface area (Å²) in [5.74, 6) is -3.31. The van der Waals surface area contributed by atoms with E-state index in [1.165, 1.54) is 12.1 Å². The number of rotatable bonds is 9. The summed E-state index contributed by atoms with van der Waals surface area (Å²) in [7, 11) is 0. The molecule has 3 aromatic rings. The SMILES string of the molecule is CC(=O)Oc1cc(CC(=O)OC(c2ccccc2)c2ccccc2)cc(OC(=O)CBr)c1OC(C)=O. The number of hydrogen-bond acceptors (Lipinski definition) is 8. The van der Waals surface area contributed by atoms with Crippen molar-refractivity contribution in [1.82, 2.24) is 0 Å². The standard InChI is InChI=1S/C27H23BrO8/c1-17(29)33-22-13-19(14-23(35-25(32)16-28)27(22)34-18(2)30)15-24(31)36-26(20-9-5-3-6-10-20)21-11-7-4-8-12-21/h3-14,26H,15-16H2,1-2H3. The lowest BCUT2D eigenvalue weighted by molar-refractivity contribution is -0.146. The smallest absolute Gasteiger partial charge is 0.322 e. The van der Waals surface area contributed by atoms with E-state index in [-0.39, 0.29) is 29.0 Å². The van der Waals surface area contributed by atoms with Crippen LogP contribution in [0.4, 0.5) is 0 Å². The van der Waals surface area contributed by atoms with E-state index in [4.69, 9.17) is 18.9 Å². The molecule has 0 saturated heterocycles. The molecule has 0 amide bonds. The Hall–Kier alpha value is -3.98. The molecule has 8 nitrogen and oxygen atoms in total. The third-order valence-electron chi connectivity index (χ3n) is 4.72. The van der Waals surface area contributed by atoms with Crippen LogP contribution in [0.15, 0.2) is 72.8 Å². The average molecular weight is 555 g/mol. The third kappa shape index (κ3) is 7.51. The molecular weight excluding hydrogens is 532 g/mol. The van der Waals surface area contributed by atoms with Gasteiger partial charge >= 0.3 is 23.9 Å². The number of benzene rings is 3. The molecule has 0 fully saturated rings. The maximum atomic E-state index is 13.0. The van der Waals surface area contributed by atoms with Crippen LogP contribution in [0.3, 0.4) is 0 Å². The highest BCUT2D eigenvalue weighted by Gasteiger charge is 2.24. The van der Waals surface area contributed by atoms with Crippen LogP contribution in [0, 0.1) is 0 Å². The van der Waals surface area contributed by atoms with Crippen molar-refractivity contribution < 1.29 is 38.1 Å². The second-order valence-electron chi connectivity index (χ2n) is 7.58. The van der Waals surface area contributed by atoms with Crippen molar-refractivity contribution in [3.63, 3.8) is 0 Å². The first-order valence-electron chi connectivity index (χ1n) is 10.9. The Morgan fingerprint density at radius 2 is 1.22 bits per heavy atom. The molecule has 0 bridgehead atoms. The Balaban J connectivity index is 1.94. The number of halogens is 1.